The molecule has 2 aliphatic carbocycles. The van der Waals surface area contributed by atoms with Gasteiger partial charge in [-0.2, -0.15) is 0 Å². The van der Waals surface area contributed by atoms with E-state index in [1.54, 1.807) is 0 Å². The van der Waals surface area contributed by atoms with Gasteiger partial charge in [-0.25, -0.2) is 0 Å². The minimum Gasteiger partial charge on any atom is -0.356 e. The normalized spacial score (nSPS) is 39.2. The quantitative estimate of drug-likeness (QED) is 0.730. The Labute approximate surface area is 138 Å². The number of hydrogen-bond donors (Lipinski definition) is 0. The predicted octanol–water partition coefficient (Wildman–Crippen LogP) is 4.96. The van der Waals surface area contributed by atoms with Crippen molar-refractivity contribution < 1.29 is 4.74 Å². The van der Waals surface area contributed by atoms with Gasteiger partial charge in [0.25, 0.3) is 0 Å². The molecular formula is C22H24O. The van der Waals surface area contributed by atoms with Crippen molar-refractivity contribution in [2.75, 3.05) is 0 Å². The molecule has 0 amide bonds. The van der Waals surface area contributed by atoms with Crippen LogP contribution in [0.4, 0.5) is 0 Å². The number of epoxide rings is 1. The molecule has 2 aromatic carbocycles. The topological polar surface area (TPSA) is 12.5 Å². The molecule has 118 valence electrons. The molecule has 1 aliphatic heterocycles. The first-order chi connectivity index (χ1) is 11.1. The monoisotopic (exact) mass is 304 g/mol. The Bertz CT molecular complexity index is 735. The molecule has 3 fully saturated rings. The van der Waals surface area contributed by atoms with Crippen molar-refractivity contribution >= 4 is 0 Å². The molecule has 0 spiro atoms. The number of benzene rings is 2. The van der Waals surface area contributed by atoms with E-state index in [-0.39, 0.29) is 16.6 Å². The Kier molecular flexibility index (Phi) is 2.56. The van der Waals surface area contributed by atoms with Crippen molar-refractivity contribution in [3.63, 3.8) is 0 Å². The molecule has 0 unspecified atom stereocenters. The fourth-order valence-electron chi connectivity index (χ4n) is 5.85. The molecule has 0 aromatic heterocycles. The van der Waals surface area contributed by atoms with Crippen LogP contribution in [-0.2, 0) is 16.8 Å². The summed E-state index contributed by atoms with van der Waals surface area (Å²) in [7, 11) is 0. The maximum atomic E-state index is 6.77. The van der Waals surface area contributed by atoms with Crippen molar-refractivity contribution in [1.82, 2.24) is 0 Å². The van der Waals surface area contributed by atoms with Crippen LogP contribution in [0, 0.1) is 17.3 Å². The average molecular weight is 304 g/mol. The lowest BCUT2D eigenvalue weighted by molar-refractivity contribution is -0.0376. The summed E-state index contributed by atoms with van der Waals surface area (Å²) in [5, 5.41) is 0. The lowest BCUT2D eigenvalue weighted by Gasteiger charge is -2.44. The molecule has 1 heterocycles. The molecule has 1 saturated heterocycles. The average Bonchev–Trinajstić information content (AvgIpc) is 3.16. The molecule has 23 heavy (non-hydrogen) atoms. The van der Waals surface area contributed by atoms with Crippen LogP contribution in [0.25, 0.3) is 0 Å². The highest BCUT2D eigenvalue weighted by molar-refractivity contribution is 5.45. The van der Waals surface area contributed by atoms with Crippen molar-refractivity contribution in [3.05, 3.63) is 71.8 Å². The van der Waals surface area contributed by atoms with E-state index >= 15 is 0 Å². The van der Waals surface area contributed by atoms with Crippen LogP contribution in [0.5, 0.6) is 0 Å². The second kappa shape index (κ2) is 4.27. The van der Waals surface area contributed by atoms with E-state index in [0.29, 0.717) is 5.92 Å². The van der Waals surface area contributed by atoms with Gasteiger partial charge in [0.05, 0.1) is 0 Å². The number of rotatable bonds is 3. The van der Waals surface area contributed by atoms with E-state index < -0.39 is 0 Å². The first-order valence-electron chi connectivity index (χ1n) is 8.91. The zero-order valence-electron chi connectivity index (χ0n) is 14.0. The van der Waals surface area contributed by atoms with Gasteiger partial charge in [0.1, 0.15) is 11.2 Å². The second-order valence-corrected chi connectivity index (χ2v) is 8.21. The SMILES string of the molecule is CC1(C)[C@@H]2CC[C@@H]2[C@@]2(c3ccccc3)O[C@@]12Cc1ccccc1. The second-order valence-electron chi connectivity index (χ2n) is 8.21. The summed E-state index contributed by atoms with van der Waals surface area (Å²) in [6.45, 7) is 4.90. The summed E-state index contributed by atoms with van der Waals surface area (Å²) >= 11 is 0. The Balaban J connectivity index is 1.64. The third-order valence-corrected chi connectivity index (χ3v) is 7.16. The molecule has 0 bridgehead atoms. The predicted molar refractivity (Wildman–Crippen MR) is 92.1 cm³/mol. The lowest BCUT2D eigenvalue weighted by Crippen LogP contribution is -2.41. The maximum absolute atomic E-state index is 6.77. The Morgan fingerprint density at radius 2 is 1.48 bits per heavy atom. The minimum absolute atomic E-state index is 0.0332. The summed E-state index contributed by atoms with van der Waals surface area (Å²) in [5.74, 6) is 1.50. The standard InChI is InChI=1S/C22H24O/c1-20(2)18-13-14-19(18)22(17-11-7-4-8-12-17)21(20,23-22)15-16-9-5-3-6-10-16/h3-12,18-19H,13-15H2,1-2H3/t18-,19+,21+,22-/m1/s1. The molecule has 1 nitrogen and oxygen atoms in total. The summed E-state index contributed by atoms with van der Waals surface area (Å²) in [5.41, 5.74) is 2.96. The van der Waals surface area contributed by atoms with Crippen molar-refractivity contribution in [2.45, 2.75) is 44.3 Å². The molecule has 0 N–H and O–H groups in total. The molecule has 2 saturated carbocycles. The van der Waals surface area contributed by atoms with Crippen LogP contribution >= 0.6 is 0 Å². The Morgan fingerprint density at radius 1 is 0.870 bits per heavy atom. The van der Waals surface area contributed by atoms with Gasteiger partial charge >= 0.3 is 0 Å². The third kappa shape index (κ3) is 1.48. The summed E-state index contributed by atoms with van der Waals surface area (Å²) < 4.78 is 6.77. The van der Waals surface area contributed by atoms with E-state index in [0.717, 1.165) is 12.3 Å². The highest BCUT2D eigenvalue weighted by atomic mass is 16.6. The lowest BCUT2D eigenvalue weighted by atomic mass is 9.63. The number of hydrogen-bond acceptors (Lipinski definition) is 1. The van der Waals surface area contributed by atoms with Gasteiger partial charge in [0.2, 0.25) is 0 Å². The van der Waals surface area contributed by atoms with Gasteiger partial charge in [-0.15, -0.1) is 0 Å². The molecular weight excluding hydrogens is 280 g/mol. The van der Waals surface area contributed by atoms with Crippen molar-refractivity contribution in [1.29, 1.82) is 0 Å². The van der Waals surface area contributed by atoms with Crippen LogP contribution in [0.2, 0.25) is 0 Å². The molecule has 1 heteroatoms. The third-order valence-electron chi connectivity index (χ3n) is 7.16. The van der Waals surface area contributed by atoms with E-state index in [2.05, 4.69) is 74.5 Å². The van der Waals surface area contributed by atoms with E-state index in [1.165, 1.54) is 24.0 Å². The van der Waals surface area contributed by atoms with Gasteiger partial charge in [-0.3, -0.25) is 0 Å². The maximum Gasteiger partial charge on any atom is 0.127 e. The molecule has 0 radical (unpaired) electrons. The Morgan fingerprint density at radius 3 is 2.09 bits per heavy atom. The summed E-state index contributed by atoms with van der Waals surface area (Å²) in [4.78, 5) is 0. The molecule has 5 rings (SSSR count). The molecule has 3 aliphatic rings. The number of ether oxygens (including phenoxy) is 1. The van der Waals surface area contributed by atoms with Crippen LogP contribution in [-0.4, -0.2) is 5.60 Å². The highest BCUT2D eigenvalue weighted by Crippen LogP contribution is 2.82. The van der Waals surface area contributed by atoms with Crippen LogP contribution in [0.3, 0.4) is 0 Å². The summed E-state index contributed by atoms with van der Waals surface area (Å²) in [6.07, 6.45) is 3.72. The minimum atomic E-state index is -0.0451. The smallest absolute Gasteiger partial charge is 0.127 e. The zero-order chi connectivity index (χ0) is 15.7. The van der Waals surface area contributed by atoms with Gasteiger partial charge in [-0.1, -0.05) is 74.5 Å². The van der Waals surface area contributed by atoms with Gasteiger partial charge in [0.15, 0.2) is 0 Å². The Hall–Kier alpha value is -1.60. The fourth-order valence-corrected chi connectivity index (χ4v) is 5.85. The van der Waals surface area contributed by atoms with Gasteiger partial charge in [-0.05, 0) is 35.8 Å². The van der Waals surface area contributed by atoms with Crippen LogP contribution in [0.1, 0.15) is 37.8 Å². The van der Waals surface area contributed by atoms with Crippen LogP contribution < -0.4 is 0 Å². The first kappa shape index (κ1) is 13.8. The van der Waals surface area contributed by atoms with Crippen molar-refractivity contribution in [3.8, 4) is 0 Å². The fraction of sp³-hybridized carbons (Fsp3) is 0.455. The largest absolute Gasteiger partial charge is 0.356 e. The van der Waals surface area contributed by atoms with Gasteiger partial charge in [0, 0.05) is 11.8 Å². The van der Waals surface area contributed by atoms with E-state index in [1.807, 2.05) is 0 Å². The van der Waals surface area contributed by atoms with E-state index in [9.17, 15) is 0 Å². The van der Waals surface area contributed by atoms with Gasteiger partial charge < -0.3 is 4.74 Å². The van der Waals surface area contributed by atoms with Crippen LogP contribution in [0.15, 0.2) is 60.7 Å². The van der Waals surface area contributed by atoms with Crippen molar-refractivity contribution in [2.24, 2.45) is 17.3 Å². The highest BCUT2D eigenvalue weighted by Gasteiger charge is 2.87. The van der Waals surface area contributed by atoms with E-state index in [4.69, 9.17) is 4.74 Å². The summed E-state index contributed by atoms with van der Waals surface area (Å²) in [6, 6.07) is 21.9. The molecule has 2 aromatic rings. The first-order valence-corrected chi connectivity index (χ1v) is 8.91. The number of fused-ring (bicyclic) bond motifs is 3. The zero-order valence-corrected chi connectivity index (χ0v) is 14.0. The molecule has 4 atom stereocenters.